The lowest BCUT2D eigenvalue weighted by molar-refractivity contribution is 0.262. The van der Waals surface area contributed by atoms with E-state index in [0.717, 1.165) is 16.9 Å². The van der Waals surface area contributed by atoms with Gasteiger partial charge in [0.1, 0.15) is 11.3 Å². The van der Waals surface area contributed by atoms with Crippen LogP contribution in [0.4, 0.5) is 20.6 Å². The normalized spacial score (nSPS) is 10.7. The summed E-state index contributed by atoms with van der Waals surface area (Å²) < 4.78 is 27.5. The summed E-state index contributed by atoms with van der Waals surface area (Å²) in [5, 5.41) is 9.56. The Kier molecular flexibility index (Phi) is 6.00. The van der Waals surface area contributed by atoms with Crippen molar-refractivity contribution in [3.63, 3.8) is 0 Å². The lowest BCUT2D eigenvalue weighted by atomic mass is 10.0. The Morgan fingerprint density at radius 3 is 2.49 bits per heavy atom. The molecule has 0 saturated carbocycles. The summed E-state index contributed by atoms with van der Waals surface area (Å²) in [6, 6.07) is 24.0. The molecule has 0 aliphatic carbocycles. The quantitative estimate of drug-likeness (QED) is 0.295. The Bertz CT molecular complexity index is 1520. The first-order valence-electron chi connectivity index (χ1n) is 10.8. The van der Waals surface area contributed by atoms with Crippen LogP contribution in [0.15, 0.2) is 97.3 Å². The van der Waals surface area contributed by atoms with Crippen LogP contribution in [-0.2, 0) is 0 Å². The van der Waals surface area contributed by atoms with Crippen molar-refractivity contribution in [3.05, 3.63) is 103 Å². The number of aromatic nitrogens is 2. The molecule has 8 heteroatoms. The van der Waals surface area contributed by atoms with Gasteiger partial charge in [-0.25, -0.2) is 13.7 Å². The van der Waals surface area contributed by atoms with Gasteiger partial charge in [-0.15, -0.1) is 0 Å². The van der Waals surface area contributed by atoms with Crippen LogP contribution < -0.4 is 20.1 Å². The molecule has 2 aromatic heterocycles. The summed E-state index contributed by atoms with van der Waals surface area (Å²) in [5.41, 5.74) is 3.38. The first-order valence-corrected chi connectivity index (χ1v) is 10.8. The topological polar surface area (TPSA) is 76.9 Å². The number of fused-ring (bicyclic) bond motifs is 1. The summed E-state index contributed by atoms with van der Waals surface area (Å²) in [4.78, 5) is 12.5. The van der Waals surface area contributed by atoms with Gasteiger partial charge < -0.3 is 20.1 Å². The van der Waals surface area contributed by atoms with Gasteiger partial charge in [-0.3, -0.25) is 0 Å². The maximum atomic E-state index is 14.7. The van der Waals surface area contributed by atoms with Crippen molar-refractivity contribution in [2.24, 2.45) is 0 Å². The molecule has 0 fully saturated rings. The summed E-state index contributed by atoms with van der Waals surface area (Å²) >= 11 is 0. The predicted octanol–water partition coefficient (Wildman–Crippen LogP) is 6.59. The van der Waals surface area contributed by atoms with E-state index in [1.807, 2.05) is 42.5 Å². The molecule has 2 N–H and O–H groups in total. The smallest absolute Gasteiger partial charge is 0.323 e. The number of nitrogens with one attached hydrogen (secondary N) is 2. The van der Waals surface area contributed by atoms with Crippen molar-refractivity contribution in [1.82, 2.24) is 9.61 Å². The molecule has 5 aromatic rings. The first kappa shape index (κ1) is 22.0. The van der Waals surface area contributed by atoms with Crippen LogP contribution in [0.25, 0.3) is 16.6 Å². The molecule has 174 valence electrons. The highest BCUT2D eigenvalue weighted by atomic mass is 19.1. The SMILES string of the molecule is COc1ccccc1-c1cccc(NC(=O)Nc2ccc(Oc3cccn4nccc34)c(F)c2)c1. The number of urea groups is 1. The van der Waals surface area contributed by atoms with Gasteiger partial charge in [-0.2, -0.15) is 5.10 Å². The average molecular weight is 468 g/mol. The number of carbonyl (C=O) groups excluding carboxylic acids is 1. The number of halogens is 1. The van der Waals surface area contributed by atoms with Gasteiger partial charge in [0.15, 0.2) is 17.3 Å². The van der Waals surface area contributed by atoms with E-state index in [-0.39, 0.29) is 11.4 Å². The zero-order chi connectivity index (χ0) is 24.2. The molecule has 0 spiro atoms. The number of ether oxygens (including phenoxy) is 2. The van der Waals surface area contributed by atoms with Gasteiger partial charge >= 0.3 is 6.03 Å². The van der Waals surface area contributed by atoms with Crippen LogP contribution in [-0.4, -0.2) is 22.8 Å². The van der Waals surface area contributed by atoms with Gasteiger partial charge in [-0.05, 0) is 54.1 Å². The Balaban J connectivity index is 1.27. The zero-order valence-corrected chi connectivity index (χ0v) is 18.7. The fourth-order valence-corrected chi connectivity index (χ4v) is 3.73. The summed E-state index contributed by atoms with van der Waals surface area (Å²) in [5.74, 6) is 0.630. The number of anilines is 2. The van der Waals surface area contributed by atoms with E-state index in [1.54, 1.807) is 54.4 Å². The standard InChI is InChI=1S/C27H21FN4O3/c1-34-24-9-3-2-8-21(24)18-6-4-7-19(16-18)30-27(33)31-20-11-12-25(22(28)17-20)35-26-10-5-15-32-23(26)13-14-29-32/h2-17H,1H3,(H2,30,31,33). The lowest BCUT2D eigenvalue weighted by Gasteiger charge is -2.12. The van der Waals surface area contributed by atoms with E-state index in [4.69, 9.17) is 9.47 Å². The molecule has 35 heavy (non-hydrogen) atoms. The Hall–Kier alpha value is -4.85. The number of pyridine rings is 1. The maximum Gasteiger partial charge on any atom is 0.323 e. The Morgan fingerprint density at radius 2 is 1.66 bits per heavy atom. The van der Waals surface area contributed by atoms with E-state index < -0.39 is 11.8 Å². The highest BCUT2D eigenvalue weighted by molar-refractivity contribution is 6.00. The number of nitrogens with zero attached hydrogens (tertiary/aromatic N) is 2. The number of methoxy groups -OCH3 is 1. The molecule has 5 rings (SSSR count). The van der Waals surface area contributed by atoms with E-state index in [2.05, 4.69) is 15.7 Å². The fourth-order valence-electron chi connectivity index (χ4n) is 3.73. The van der Waals surface area contributed by atoms with Gasteiger partial charge in [0.25, 0.3) is 0 Å². The molecule has 2 heterocycles. The van der Waals surface area contributed by atoms with Crippen molar-refractivity contribution >= 4 is 22.9 Å². The number of rotatable bonds is 6. The second-order valence-electron chi connectivity index (χ2n) is 7.64. The van der Waals surface area contributed by atoms with Gasteiger partial charge in [0, 0.05) is 29.2 Å². The van der Waals surface area contributed by atoms with Crippen molar-refractivity contribution in [2.45, 2.75) is 0 Å². The molecular weight excluding hydrogens is 447 g/mol. The van der Waals surface area contributed by atoms with Crippen LogP contribution in [0, 0.1) is 5.82 Å². The highest BCUT2D eigenvalue weighted by Crippen LogP contribution is 2.32. The minimum Gasteiger partial charge on any atom is -0.496 e. The molecule has 2 amide bonds. The number of benzene rings is 3. The number of hydrogen-bond donors (Lipinski definition) is 2. The third kappa shape index (κ3) is 4.77. The van der Waals surface area contributed by atoms with Crippen molar-refractivity contribution < 1.29 is 18.7 Å². The van der Waals surface area contributed by atoms with Crippen LogP contribution in [0.3, 0.4) is 0 Å². The van der Waals surface area contributed by atoms with Crippen LogP contribution >= 0.6 is 0 Å². The highest BCUT2D eigenvalue weighted by Gasteiger charge is 2.12. The average Bonchev–Trinajstić information content (AvgIpc) is 3.36. The maximum absolute atomic E-state index is 14.7. The number of para-hydroxylation sites is 1. The Morgan fingerprint density at radius 1 is 0.857 bits per heavy atom. The molecule has 3 aromatic carbocycles. The second kappa shape index (κ2) is 9.56. The number of hydrogen-bond acceptors (Lipinski definition) is 4. The molecule has 0 aliphatic heterocycles. The predicted molar refractivity (Wildman–Crippen MR) is 133 cm³/mol. The largest absolute Gasteiger partial charge is 0.496 e. The molecule has 0 unspecified atom stereocenters. The minimum absolute atomic E-state index is 0.0368. The number of amides is 2. The van der Waals surface area contributed by atoms with Crippen LogP contribution in [0.2, 0.25) is 0 Å². The number of carbonyl (C=O) groups is 1. The molecule has 0 atom stereocenters. The fraction of sp³-hybridized carbons (Fsp3) is 0.0370. The van der Waals surface area contributed by atoms with E-state index in [0.29, 0.717) is 17.0 Å². The molecule has 0 bridgehead atoms. The third-order valence-corrected chi connectivity index (χ3v) is 5.35. The lowest BCUT2D eigenvalue weighted by Crippen LogP contribution is -2.19. The third-order valence-electron chi connectivity index (χ3n) is 5.35. The second-order valence-corrected chi connectivity index (χ2v) is 7.64. The molecule has 0 aliphatic rings. The molecule has 7 nitrogen and oxygen atoms in total. The van der Waals surface area contributed by atoms with Crippen molar-refractivity contribution in [1.29, 1.82) is 0 Å². The monoisotopic (exact) mass is 468 g/mol. The van der Waals surface area contributed by atoms with E-state index >= 15 is 0 Å². The van der Waals surface area contributed by atoms with E-state index in [1.165, 1.54) is 12.1 Å². The Labute approximate surface area is 200 Å². The van der Waals surface area contributed by atoms with Gasteiger partial charge in [0.05, 0.1) is 13.3 Å². The van der Waals surface area contributed by atoms with Crippen LogP contribution in [0.5, 0.6) is 17.2 Å². The summed E-state index contributed by atoms with van der Waals surface area (Å²) in [7, 11) is 1.61. The van der Waals surface area contributed by atoms with Gasteiger partial charge in [0.2, 0.25) is 0 Å². The van der Waals surface area contributed by atoms with Gasteiger partial charge in [-0.1, -0.05) is 30.3 Å². The first-order chi connectivity index (χ1) is 17.1. The summed E-state index contributed by atoms with van der Waals surface area (Å²) in [6.45, 7) is 0. The zero-order valence-electron chi connectivity index (χ0n) is 18.7. The molecule has 0 saturated heterocycles. The van der Waals surface area contributed by atoms with Crippen LogP contribution in [0.1, 0.15) is 0 Å². The van der Waals surface area contributed by atoms with Crippen molar-refractivity contribution in [3.8, 4) is 28.4 Å². The molecular formula is C27H21FN4O3. The van der Waals surface area contributed by atoms with Crippen molar-refractivity contribution in [2.75, 3.05) is 17.7 Å². The summed E-state index contributed by atoms with van der Waals surface area (Å²) in [6.07, 6.45) is 3.41. The van der Waals surface area contributed by atoms with E-state index in [9.17, 15) is 9.18 Å². The molecule has 0 radical (unpaired) electrons. The minimum atomic E-state index is -0.609.